The number of ether oxygens (including phenoxy) is 1. The Kier molecular flexibility index (Phi) is 6.18. The Labute approximate surface area is 125 Å². The van der Waals surface area contributed by atoms with Crippen molar-refractivity contribution in [2.24, 2.45) is 0 Å². The molecule has 0 radical (unpaired) electrons. The van der Waals surface area contributed by atoms with Crippen molar-refractivity contribution in [3.8, 4) is 5.75 Å². The molecule has 0 unspecified atom stereocenters. The molecule has 19 heavy (non-hydrogen) atoms. The molecule has 0 aliphatic heterocycles. The summed E-state index contributed by atoms with van der Waals surface area (Å²) >= 11 is 3.60. The Morgan fingerprint density at radius 1 is 1.26 bits per heavy atom. The molecule has 0 heterocycles. The third kappa shape index (κ3) is 5.15. The number of hydrogen-bond acceptors (Lipinski definition) is 2. The highest BCUT2D eigenvalue weighted by Gasteiger charge is 2.20. The van der Waals surface area contributed by atoms with Crippen LogP contribution >= 0.6 is 15.9 Å². The lowest BCUT2D eigenvalue weighted by Crippen LogP contribution is -2.16. The summed E-state index contributed by atoms with van der Waals surface area (Å²) in [5.74, 6) is 1.02. The summed E-state index contributed by atoms with van der Waals surface area (Å²) in [6.45, 7) is 3.96. The van der Waals surface area contributed by atoms with E-state index in [1.54, 1.807) is 0 Å². The normalized spacial score (nSPS) is 14.6. The van der Waals surface area contributed by atoms with E-state index in [2.05, 4.69) is 46.4 Å². The number of para-hydroxylation sites is 1. The predicted molar refractivity (Wildman–Crippen MR) is 83.6 cm³/mol. The molecule has 0 amide bonds. The number of unbranched alkanes of at least 4 members (excludes halogenated alkanes) is 3. The van der Waals surface area contributed by atoms with Gasteiger partial charge >= 0.3 is 0 Å². The molecule has 0 saturated heterocycles. The van der Waals surface area contributed by atoms with E-state index in [0.29, 0.717) is 0 Å². The first kappa shape index (κ1) is 14.9. The third-order valence-electron chi connectivity index (χ3n) is 3.45. The molecule has 1 fully saturated rings. The van der Waals surface area contributed by atoms with Crippen molar-refractivity contribution in [3.05, 3.63) is 28.2 Å². The number of hydrogen-bond donors (Lipinski definition) is 1. The minimum absolute atomic E-state index is 0.733. The largest absolute Gasteiger partial charge is 0.492 e. The zero-order chi connectivity index (χ0) is 13.5. The van der Waals surface area contributed by atoms with Crippen molar-refractivity contribution in [1.29, 1.82) is 0 Å². The van der Waals surface area contributed by atoms with Crippen LogP contribution in [0.1, 0.15) is 51.0 Å². The van der Waals surface area contributed by atoms with Gasteiger partial charge in [0.1, 0.15) is 5.75 Å². The second-order valence-corrected chi connectivity index (χ2v) is 6.15. The van der Waals surface area contributed by atoms with E-state index < -0.39 is 0 Å². The van der Waals surface area contributed by atoms with Crippen LogP contribution in [-0.4, -0.2) is 12.6 Å². The molecule has 1 aliphatic carbocycles. The number of halogens is 1. The van der Waals surface area contributed by atoms with Crippen LogP contribution in [-0.2, 0) is 6.54 Å². The molecule has 1 saturated carbocycles. The average Bonchev–Trinajstić information content (AvgIpc) is 3.22. The Bertz CT molecular complexity index is 390. The van der Waals surface area contributed by atoms with E-state index in [4.69, 9.17) is 4.74 Å². The fraction of sp³-hybridized carbons (Fsp3) is 0.625. The molecule has 1 aromatic carbocycles. The van der Waals surface area contributed by atoms with Gasteiger partial charge in [-0.25, -0.2) is 0 Å². The number of rotatable bonds is 9. The van der Waals surface area contributed by atoms with E-state index >= 15 is 0 Å². The van der Waals surface area contributed by atoms with Crippen molar-refractivity contribution >= 4 is 15.9 Å². The molecule has 1 N–H and O–H groups in total. The topological polar surface area (TPSA) is 21.3 Å². The molecule has 2 rings (SSSR count). The minimum atomic E-state index is 0.733. The van der Waals surface area contributed by atoms with E-state index in [1.165, 1.54) is 37.7 Å². The van der Waals surface area contributed by atoms with Gasteiger partial charge in [-0.05, 0) is 41.3 Å². The maximum atomic E-state index is 5.98. The fourth-order valence-electron chi connectivity index (χ4n) is 2.10. The summed E-state index contributed by atoms with van der Waals surface area (Å²) < 4.78 is 7.05. The van der Waals surface area contributed by atoms with Gasteiger partial charge in [0.05, 0.1) is 11.1 Å². The molecule has 0 spiro atoms. The lowest BCUT2D eigenvalue weighted by molar-refractivity contribution is 0.299. The molecular formula is C16H24BrNO. The van der Waals surface area contributed by atoms with Crippen LogP contribution in [0.4, 0.5) is 0 Å². The van der Waals surface area contributed by atoms with Gasteiger partial charge in [0, 0.05) is 18.2 Å². The Hall–Kier alpha value is -0.540. The van der Waals surface area contributed by atoms with Crippen molar-refractivity contribution < 1.29 is 4.74 Å². The van der Waals surface area contributed by atoms with Gasteiger partial charge in [0.15, 0.2) is 0 Å². The zero-order valence-electron chi connectivity index (χ0n) is 11.8. The van der Waals surface area contributed by atoms with Crippen LogP contribution in [0.5, 0.6) is 5.75 Å². The molecule has 0 bridgehead atoms. The highest BCUT2D eigenvalue weighted by Crippen LogP contribution is 2.30. The zero-order valence-corrected chi connectivity index (χ0v) is 13.3. The fourth-order valence-corrected chi connectivity index (χ4v) is 2.62. The van der Waals surface area contributed by atoms with E-state index in [-0.39, 0.29) is 0 Å². The van der Waals surface area contributed by atoms with Gasteiger partial charge in [-0.2, -0.15) is 0 Å². The highest BCUT2D eigenvalue weighted by atomic mass is 79.9. The van der Waals surface area contributed by atoms with Crippen LogP contribution in [0, 0.1) is 0 Å². The first-order chi connectivity index (χ1) is 9.31. The smallest absolute Gasteiger partial charge is 0.137 e. The quantitative estimate of drug-likeness (QED) is 0.667. The maximum Gasteiger partial charge on any atom is 0.137 e. The van der Waals surface area contributed by atoms with Crippen LogP contribution in [0.25, 0.3) is 0 Å². The number of benzene rings is 1. The highest BCUT2D eigenvalue weighted by molar-refractivity contribution is 9.10. The van der Waals surface area contributed by atoms with Crippen LogP contribution < -0.4 is 10.1 Å². The monoisotopic (exact) mass is 325 g/mol. The predicted octanol–water partition coefficient (Wildman–Crippen LogP) is 4.66. The van der Waals surface area contributed by atoms with Gasteiger partial charge in [0.2, 0.25) is 0 Å². The van der Waals surface area contributed by atoms with E-state index in [0.717, 1.165) is 35.8 Å². The Balaban J connectivity index is 1.84. The Morgan fingerprint density at radius 2 is 2.11 bits per heavy atom. The molecular weight excluding hydrogens is 302 g/mol. The lowest BCUT2D eigenvalue weighted by Gasteiger charge is -2.14. The van der Waals surface area contributed by atoms with Crippen LogP contribution in [0.2, 0.25) is 0 Å². The van der Waals surface area contributed by atoms with Gasteiger partial charge in [0.25, 0.3) is 0 Å². The minimum Gasteiger partial charge on any atom is -0.492 e. The summed E-state index contributed by atoms with van der Waals surface area (Å²) in [5, 5.41) is 3.55. The molecule has 1 aliphatic rings. The third-order valence-corrected chi connectivity index (χ3v) is 4.08. The van der Waals surface area contributed by atoms with E-state index in [9.17, 15) is 0 Å². The van der Waals surface area contributed by atoms with Gasteiger partial charge < -0.3 is 10.1 Å². The summed E-state index contributed by atoms with van der Waals surface area (Å²) in [4.78, 5) is 0. The molecule has 0 atom stereocenters. The van der Waals surface area contributed by atoms with Gasteiger partial charge in [-0.15, -0.1) is 0 Å². The first-order valence-corrected chi connectivity index (χ1v) is 8.24. The molecule has 1 aromatic rings. The van der Waals surface area contributed by atoms with Crippen molar-refractivity contribution in [1.82, 2.24) is 5.32 Å². The van der Waals surface area contributed by atoms with E-state index in [1.807, 2.05) is 0 Å². The average molecular weight is 326 g/mol. The van der Waals surface area contributed by atoms with Crippen molar-refractivity contribution in [2.45, 2.75) is 58.0 Å². The molecule has 3 heteroatoms. The first-order valence-electron chi connectivity index (χ1n) is 7.45. The van der Waals surface area contributed by atoms with Gasteiger partial charge in [-0.1, -0.05) is 38.3 Å². The summed E-state index contributed by atoms with van der Waals surface area (Å²) in [7, 11) is 0. The lowest BCUT2D eigenvalue weighted by atomic mass is 10.2. The van der Waals surface area contributed by atoms with Crippen molar-refractivity contribution in [3.63, 3.8) is 0 Å². The second kappa shape index (κ2) is 7.91. The van der Waals surface area contributed by atoms with Crippen molar-refractivity contribution in [2.75, 3.05) is 6.61 Å². The van der Waals surface area contributed by atoms with Crippen LogP contribution in [0.15, 0.2) is 22.7 Å². The summed E-state index contributed by atoms with van der Waals surface area (Å²) in [6, 6.07) is 7.03. The molecule has 0 aromatic heterocycles. The SMILES string of the molecule is CCCCCCOc1c(Br)cccc1CNC1CC1. The molecule has 106 valence electrons. The summed E-state index contributed by atoms with van der Waals surface area (Å²) in [6.07, 6.45) is 7.62. The molecule has 2 nitrogen and oxygen atoms in total. The Morgan fingerprint density at radius 3 is 2.84 bits per heavy atom. The maximum absolute atomic E-state index is 5.98. The van der Waals surface area contributed by atoms with Crippen LogP contribution in [0.3, 0.4) is 0 Å². The van der Waals surface area contributed by atoms with Gasteiger partial charge in [-0.3, -0.25) is 0 Å². The summed E-state index contributed by atoms with van der Waals surface area (Å²) in [5.41, 5.74) is 1.26. The number of nitrogens with one attached hydrogen (secondary N) is 1. The standard InChI is InChI=1S/C16H24BrNO/c1-2-3-4-5-11-19-16-13(7-6-8-15(16)17)12-18-14-9-10-14/h6-8,14,18H,2-5,9-12H2,1H3. The second-order valence-electron chi connectivity index (χ2n) is 5.29.